The summed E-state index contributed by atoms with van der Waals surface area (Å²) in [5.74, 6) is -0.812. The SMILES string of the molecule is CCC(=O)N[C@H](NC(=S)Nc1sc2c(c1C(N)=O)CCCC2)C(Cl)(Cl)Cl. The number of rotatable bonds is 5. The molecule has 26 heavy (non-hydrogen) atoms. The number of carbonyl (C=O) groups excluding carboxylic acids is 2. The van der Waals surface area contributed by atoms with Crippen molar-refractivity contribution >= 4 is 80.3 Å². The van der Waals surface area contributed by atoms with Crippen LogP contribution in [-0.2, 0) is 17.6 Å². The van der Waals surface area contributed by atoms with Gasteiger partial charge in [-0.2, -0.15) is 0 Å². The average Bonchev–Trinajstić information content (AvgIpc) is 2.90. The molecule has 2 rings (SSSR count). The Morgan fingerprint density at radius 1 is 1.27 bits per heavy atom. The molecule has 0 spiro atoms. The van der Waals surface area contributed by atoms with Crippen LogP contribution in [0, 0.1) is 0 Å². The van der Waals surface area contributed by atoms with Crippen molar-refractivity contribution in [2.24, 2.45) is 5.73 Å². The number of primary amides is 1. The summed E-state index contributed by atoms with van der Waals surface area (Å²) in [5, 5.41) is 8.94. The standard InChI is InChI=1S/C15H19Cl3N4O2S2/c1-2-9(23)20-13(15(16,17)18)22-14(25)21-12-10(11(19)24)7-5-3-4-6-8(7)26-12/h13H,2-6H2,1H3,(H2,19,24)(H,20,23)(H2,21,22,25)/t13-/m1/s1. The number of nitrogens with one attached hydrogen (secondary N) is 3. The molecule has 1 aromatic heterocycles. The summed E-state index contributed by atoms with van der Waals surface area (Å²) >= 11 is 24.4. The molecule has 11 heteroatoms. The molecule has 6 nitrogen and oxygen atoms in total. The van der Waals surface area contributed by atoms with Gasteiger partial charge in [-0.25, -0.2) is 0 Å². The molecule has 1 aromatic rings. The van der Waals surface area contributed by atoms with Crippen molar-refractivity contribution in [1.29, 1.82) is 0 Å². The molecule has 0 saturated heterocycles. The quantitative estimate of drug-likeness (QED) is 0.309. The number of fused-ring (bicyclic) bond motifs is 1. The van der Waals surface area contributed by atoms with E-state index in [1.807, 2.05) is 0 Å². The lowest BCUT2D eigenvalue weighted by Crippen LogP contribution is -2.56. The van der Waals surface area contributed by atoms with Crippen molar-refractivity contribution in [2.75, 3.05) is 5.32 Å². The fourth-order valence-electron chi connectivity index (χ4n) is 2.65. The van der Waals surface area contributed by atoms with E-state index < -0.39 is 15.9 Å². The van der Waals surface area contributed by atoms with Gasteiger partial charge in [0.25, 0.3) is 5.91 Å². The lowest BCUT2D eigenvalue weighted by atomic mass is 9.95. The van der Waals surface area contributed by atoms with Gasteiger partial charge in [0.15, 0.2) is 5.11 Å². The van der Waals surface area contributed by atoms with Crippen LogP contribution in [0.4, 0.5) is 5.00 Å². The number of amides is 2. The van der Waals surface area contributed by atoms with Crippen LogP contribution in [0.25, 0.3) is 0 Å². The Hall–Kier alpha value is -0.800. The topological polar surface area (TPSA) is 96.2 Å². The highest BCUT2D eigenvalue weighted by Crippen LogP contribution is 2.38. The molecule has 1 heterocycles. The normalized spacial score (nSPS) is 14.9. The van der Waals surface area contributed by atoms with Crippen molar-refractivity contribution in [1.82, 2.24) is 10.6 Å². The molecule has 0 unspecified atom stereocenters. The van der Waals surface area contributed by atoms with E-state index in [2.05, 4.69) is 16.0 Å². The van der Waals surface area contributed by atoms with Gasteiger partial charge < -0.3 is 21.7 Å². The van der Waals surface area contributed by atoms with Crippen molar-refractivity contribution < 1.29 is 9.59 Å². The number of thiophene rings is 1. The number of thiocarbonyl (C=S) groups is 1. The smallest absolute Gasteiger partial charge is 0.251 e. The van der Waals surface area contributed by atoms with Gasteiger partial charge in [-0.1, -0.05) is 41.7 Å². The Labute approximate surface area is 176 Å². The third-order valence-corrected chi connectivity index (χ3v) is 5.96. The van der Waals surface area contributed by atoms with Crippen molar-refractivity contribution in [2.45, 2.75) is 49.0 Å². The number of carbonyl (C=O) groups is 2. The first kappa shape index (κ1) is 21.5. The largest absolute Gasteiger partial charge is 0.365 e. The number of alkyl halides is 3. The monoisotopic (exact) mass is 456 g/mol. The zero-order chi connectivity index (χ0) is 19.5. The van der Waals surface area contributed by atoms with E-state index in [9.17, 15) is 9.59 Å². The van der Waals surface area contributed by atoms with Crippen LogP contribution in [0.15, 0.2) is 0 Å². The molecule has 0 bridgehead atoms. The van der Waals surface area contributed by atoms with Gasteiger partial charge >= 0.3 is 0 Å². The third-order valence-electron chi connectivity index (χ3n) is 3.87. The van der Waals surface area contributed by atoms with E-state index in [-0.39, 0.29) is 17.4 Å². The predicted molar refractivity (Wildman–Crippen MR) is 111 cm³/mol. The second-order valence-electron chi connectivity index (χ2n) is 5.77. The third kappa shape index (κ3) is 5.36. The zero-order valence-electron chi connectivity index (χ0n) is 14.0. The lowest BCUT2D eigenvalue weighted by molar-refractivity contribution is -0.121. The first-order chi connectivity index (χ1) is 12.1. The van der Waals surface area contributed by atoms with Gasteiger partial charge in [0.2, 0.25) is 9.70 Å². The molecule has 5 N–H and O–H groups in total. The Kier molecular flexibility index (Phi) is 7.38. The van der Waals surface area contributed by atoms with Gasteiger partial charge in [-0.05, 0) is 43.5 Å². The van der Waals surface area contributed by atoms with Gasteiger partial charge in [0.1, 0.15) is 11.2 Å². The summed E-state index contributed by atoms with van der Waals surface area (Å²) in [6.45, 7) is 1.68. The fraction of sp³-hybridized carbons (Fsp3) is 0.533. The predicted octanol–water partition coefficient (Wildman–Crippen LogP) is 3.23. The van der Waals surface area contributed by atoms with E-state index in [0.717, 1.165) is 36.1 Å². The van der Waals surface area contributed by atoms with E-state index >= 15 is 0 Å². The Morgan fingerprint density at radius 2 is 1.92 bits per heavy atom. The van der Waals surface area contributed by atoms with Crippen molar-refractivity contribution in [3.63, 3.8) is 0 Å². The van der Waals surface area contributed by atoms with Crippen LogP contribution in [0.5, 0.6) is 0 Å². The van der Waals surface area contributed by atoms with Crippen LogP contribution in [-0.4, -0.2) is 26.9 Å². The molecule has 144 valence electrons. The molecule has 1 atom stereocenters. The van der Waals surface area contributed by atoms with Crippen LogP contribution in [0.3, 0.4) is 0 Å². The summed E-state index contributed by atoms with van der Waals surface area (Å²) < 4.78 is -1.82. The molecule has 0 fully saturated rings. The number of halogens is 3. The summed E-state index contributed by atoms with van der Waals surface area (Å²) in [6, 6.07) is 0. The Morgan fingerprint density at radius 3 is 2.50 bits per heavy atom. The maximum atomic E-state index is 11.9. The number of aryl methyl sites for hydroxylation is 1. The van der Waals surface area contributed by atoms with Crippen molar-refractivity contribution in [3.8, 4) is 0 Å². The maximum absolute atomic E-state index is 11.9. The van der Waals surface area contributed by atoms with Gasteiger partial charge in [0, 0.05) is 11.3 Å². The average molecular weight is 458 g/mol. The number of hydrogen-bond acceptors (Lipinski definition) is 4. The summed E-state index contributed by atoms with van der Waals surface area (Å²) in [4.78, 5) is 24.7. The van der Waals surface area contributed by atoms with Crippen LogP contribution < -0.4 is 21.7 Å². The minimum Gasteiger partial charge on any atom is -0.365 e. The fourth-order valence-corrected chi connectivity index (χ4v) is 4.56. The van der Waals surface area contributed by atoms with Crippen LogP contribution in [0.2, 0.25) is 0 Å². The van der Waals surface area contributed by atoms with E-state index in [0.29, 0.717) is 10.6 Å². The molecule has 2 amide bonds. The summed E-state index contributed by atoms with van der Waals surface area (Å²) in [5.41, 5.74) is 7.00. The highest BCUT2D eigenvalue weighted by molar-refractivity contribution is 7.80. The maximum Gasteiger partial charge on any atom is 0.251 e. The van der Waals surface area contributed by atoms with Crippen molar-refractivity contribution in [3.05, 3.63) is 16.0 Å². The zero-order valence-corrected chi connectivity index (χ0v) is 17.9. The number of hydrogen-bond donors (Lipinski definition) is 4. The molecule has 0 saturated carbocycles. The summed E-state index contributed by atoms with van der Waals surface area (Å²) in [7, 11) is 0. The first-order valence-corrected chi connectivity index (χ1v) is 10.4. The number of nitrogens with two attached hydrogens (primary N) is 1. The molecular formula is C15H19Cl3N4O2S2. The second-order valence-corrected chi connectivity index (χ2v) is 9.66. The van der Waals surface area contributed by atoms with Gasteiger partial charge in [-0.15, -0.1) is 11.3 Å². The number of anilines is 1. The molecule has 0 aromatic carbocycles. The van der Waals surface area contributed by atoms with Gasteiger partial charge in [0.05, 0.1) is 5.56 Å². The molecular weight excluding hydrogens is 439 g/mol. The van der Waals surface area contributed by atoms with Crippen LogP contribution in [0.1, 0.15) is 47.0 Å². The van der Waals surface area contributed by atoms with E-state index in [1.165, 1.54) is 11.3 Å². The molecule has 0 radical (unpaired) electrons. The van der Waals surface area contributed by atoms with E-state index in [1.54, 1.807) is 6.92 Å². The molecule has 1 aliphatic carbocycles. The highest BCUT2D eigenvalue weighted by Gasteiger charge is 2.34. The minimum absolute atomic E-state index is 0.110. The minimum atomic E-state index is -1.82. The van der Waals surface area contributed by atoms with Crippen LogP contribution >= 0.6 is 58.4 Å². The molecule has 1 aliphatic rings. The van der Waals surface area contributed by atoms with Gasteiger partial charge in [-0.3, -0.25) is 9.59 Å². The van der Waals surface area contributed by atoms with E-state index in [4.69, 9.17) is 52.8 Å². The molecule has 0 aliphatic heterocycles. The first-order valence-electron chi connectivity index (χ1n) is 8.01. The Bertz CT molecular complexity index is 718. The summed E-state index contributed by atoms with van der Waals surface area (Å²) in [6.07, 6.45) is 3.01. The highest BCUT2D eigenvalue weighted by atomic mass is 35.6. The second kappa shape index (κ2) is 8.93. The lowest BCUT2D eigenvalue weighted by Gasteiger charge is -2.27. The Balaban J connectivity index is 2.17.